The molecule has 0 N–H and O–H groups in total. The SMILES string of the molecule is Cc1cc(C)c(Cn2c(Cc3ccccc3Cl)nc3ccccc32)c(C)c1. The molecule has 1 aromatic heterocycles. The molecule has 0 saturated heterocycles. The van der Waals surface area contributed by atoms with Crippen LogP contribution in [0.25, 0.3) is 11.0 Å². The van der Waals surface area contributed by atoms with Gasteiger partial charge in [-0.15, -0.1) is 0 Å². The number of nitrogens with zero attached hydrogens (tertiary/aromatic N) is 2. The number of imidazole rings is 1. The van der Waals surface area contributed by atoms with Gasteiger partial charge in [0, 0.05) is 18.0 Å². The van der Waals surface area contributed by atoms with Crippen molar-refractivity contribution in [2.75, 3.05) is 0 Å². The molecule has 0 saturated carbocycles. The van der Waals surface area contributed by atoms with Crippen LogP contribution in [0.3, 0.4) is 0 Å². The number of rotatable bonds is 4. The summed E-state index contributed by atoms with van der Waals surface area (Å²) in [5.41, 5.74) is 8.63. The average molecular weight is 375 g/mol. The van der Waals surface area contributed by atoms with Crippen LogP contribution in [0.1, 0.15) is 33.6 Å². The summed E-state index contributed by atoms with van der Waals surface area (Å²) in [7, 11) is 0. The molecule has 136 valence electrons. The molecule has 0 aliphatic carbocycles. The van der Waals surface area contributed by atoms with E-state index in [9.17, 15) is 0 Å². The summed E-state index contributed by atoms with van der Waals surface area (Å²) < 4.78 is 2.34. The molecule has 3 aromatic carbocycles. The number of para-hydroxylation sites is 2. The molecule has 4 rings (SSSR count). The van der Waals surface area contributed by atoms with E-state index in [0.717, 1.165) is 34.9 Å². The predicted molar refractivity (Wildman–Crippen MR) is 114 cm³/mol. The zero-order valence-electron chi connectivity index (χ0n) is 16.0. The maximum atomic E-state index is 6.42. The van der Waals surface area contributed by atoms with Gasteiger partial charge < -0.3 is 4.57 Å². The van der Waals surface area contributed by atoms with Gasteiger partial charge in [0.2, 0.25) is 0 Å². The highest BCUT2D eigenvalue weighted by Crippen LogP contribution is 2.25. The molecule has 3 heteroatoms. The fourth-order valence-corrected chi connectivity index (χ4v) is 4.07. The van der Waals surface area contributed by atoms with Crippen molar-refractivity contribution in [3.63, 3.8) is 0 Å². The molecule has 0 aliphatic heterocycles. The van der Waals surface area contributed by atoms with Crippen LogP contribution in [0.4, 0.5) is 0 Å². The Hall–Kier alpha value is -2.58. The van der Waals surface area contributed by atoms with Crippen LogP contribution in [0.5, 0.6) is 0 Å². The lowest BCUT2D eigenvalue weighted by Crippen LogP contribution is -2.09. The summed E-state index contributed by atoms with van der Waals surface area (Å²) in [6.07, 6.45) is 0.721. The summed E-state index contributed by atoms with van der Waals surface area (Å²) >= 11 is 6.42. The minimum absolute atomic E-state index is 0.721. The molecule has 0 aliphatic rings. The third kappa shape index (κ3) is 3.50. The molecule has 1 heterocycles. The number of fused-ring (bicyclic) bond motifs is 1. The Labute approximate surface area is 165 Å². The van der Waals surface area contributed by atoms with Crippen LogP contribution in [-0.2, 0) is 13.0 Å². The van der Waals surface area contributed by atoms with E-state index < -0.39 is 0 Å². The Kier molecular flexibility index (Phi) is 4.75. The summed E-state index contributed by atoms with van der Waals surface area (Å²) in [5, 5.41) is 0.791. The smallest absolute Gasteiger partial charge is 0.114 e. The van der Waals surface area contributed by atoms with Crippen LogP contribution in [0.2, 0.25) is 5.02 Å². The second kappa shape index (κ2) is 7.21. The third-order valence-electron chi connectivity index (χ3n) is 5.20. The Morgan fingerprint density at radius 2 is 1.56 bits per heavy atom. The third-order valence-corrected chi connectivity index (χ3v) is 5.57. The lowest BCUT2D eigenvalue weighted by molar-refractivity contribution is 0.754. The lowest BCUT2D eigenvalue weighted by atomic mass is 9.99. The van der Waals surface area contributed by atoms with Crippen molar-refractivity contribution in [1.82, 2.24) is 9.55 Å². The summed E-state index contributed by atoms with van der Waals surface area (Å²) in [5.74, 6) is 1.05. The van der Waals surface area contributed by atoms with Gasteiger partial charge in [-0.25, -0.2) is 4.98 Å². The maximum absolute atomic E-state index is 6.42. The van der Waals surface area contributed by atoms with Gasteiger partial charge in [-0.3, -0.25) is 0 Å². The lowest BCUT2D eigenvalue weighted by Gasteiger charge is -2.15. The Morgan fingerprint density at radius 3 is 2.30 bits per heavy atom. The number of hydrogen-bond donors (Lipinski definition) is 0. The number of halogens is 1. The number of aromatic nitrogens is 2. The van der Waals surface area contributed by atoms with Crippen molar-refractivity contribution >= 4 is 22.6 Å². The normalized spacial score (nSPS) is 11.3. The van der Waals surface area contributed by atoms with Crippen LogP contribution in [0, 0.1) is 20.8 Å². The van der Waals surface area contributed by atoms with Crippen LogP contribution < -0.4 is 0 Å². The molecule has 4 aromatic rings. The van der Waals surface area contributed by atoms with Crippen LogP contribution in [-0.4, -0.2) is 9.55 Å². The molecule has 0 radical (unpaired) electrons. The first-order valence-corrected chi connectivity index (χ1v) is 9.65. The monoisotopic (exact) mass is 374 g/mol. The van der Waals surface area contributed by atoms with E-state index in [0.29, 0.717) is 0 Å². The van der Waals surface area contributed by atoms with E-state index >= 15 is 0 Å². The molecular weight excluding hydrogens is 352 g/mol. The Bertz CT molecular complexity index is 1100. The predicted octanol–water partition coefficient (Wildman–Crippen LogP) is 6.25. The molecule has 0 atom stereocenters. The topological polar surface area (TPSA) is 17.8 Å². The van der Waals surface area contributed by atoms with Gasteiger partial charge in [-0.2, -0.15) is 0 Å². The van der Waals surface area contributed by atoms with Crippen molar-refractivity contribution in [3.8, 4) is 0 Å². The summed E-state index contributed by atoms with van der Waals surface area (Å²) in [6.45, 7) is 7.36. The van der Waals surface area contributed by atoms with Gasteiger partial charge in [-0.1, -0.05) is 59.6 Å². The van der Waals surface area contributed by atoms with Crippen molar-refractivity contribution in [2.24, 2.45) is 0 Å². The number of benzene rings is 3. The number of aryl methyl sites for hydroxylation is 3. The molecule has 2 nitrogen and oxygen atoms in total. The zero-order chi connectivity index (χ0) is 19.0. The Morgan fingerprint density at radius 1 is 0.889 bits per heavy atom. The highest BCUT2D eigenvalue weighted by atomic mass is 35.5. The first-order chi connectivity index (χ1) is 13.0. The standard InChI is InChI=1S/C24H23ClN2/c1-16-12-17(2)20(18(3)13-16)15-27-23-11-7-6-10-22(23)26-24(27)14-19-8-4-5-9-21(19)25/h4-13H,14-15H2,1-3H3. The van der Waals surface area contributed by atoms with Crippen LogP contribution in [0.15, 0.2) is 60.7 Å². The van der Waals surface area contributed by atoms with E-state index in [1.807, 2.05) is 24.3 Å². The van der Waals surface area contributed by atoms with E-state index in [2.05, 4.69) is 61.7 Å². The van der Waals surface area contributed by atoms with E-state index in [4.69, 9.17) is 16.6 Å². The molecule has 0 amide bonds. The van der Waals surface area contributed by atoms with Gasteiger partial charge in [0.15, 0.2) is 0 Å². The van der Waals surface area contributed by atoms with Crippen molar-refractivity contribution in [3.05, 3.63) is 99.3 Å². The molecular formula is C24H23ClN2. The first kappa shape index (κ1) is 17.8. The molecule has 0 bridgehead atoms. The fourth-order valence-electron chi connectivity index (χ4n) is 3.87. The van der Waals surface area contributed by atoms with Gasteiger partial charge in [0.1, 0.15) is 5.82 Å². The van der Waals surface area contributed by atoms with Gasteiger partial charge >= 0.3 is 0 Å². The zero-order valence-corrected chi connectivity index (χ0v) is 16.7. The molecule has 0 spiro atoms. The molecule has 27 heavy (non-hydrogen) atoms. The average Bonchev–Trinajstić information content (AvgIpc) is 2.97. The largest absolute Gasteiger partial charge is 0.323 e. The molecule has 0 unspecified atom stereocenters. The minimum atomic E-state index is 0.721. The second-order valence-corrected chi connectivity index (χ2v) is 7.66. The highest BCUT2D eigenvalue weighted by Gasteiger charge is 2.14. The van der Waals surface area contributed by atoms with Gasteiger partial charge in [-0.05, 0) is 61.2 Å². The van der Waals surface area contributed by atoms with Crippen molar-refractivity contribution < 1.29 is 0 Å². The minimum Gasteiger partial charge on any atom is -0.323 e. The summed E-state index contributed by atoms with van der Waals surface area (Å²) in [6, 6.07) is 20.9. The van der Waals surface area contributed by atoms with Crippen molar-refractivity contribution in [1.29, 1.82) is 0 Å². The summed E-state index contributed by atoms with van der Waals surface area (Å²) in [4.78, 5) is 4.93. The second-order valence-electron chi connectivity index (χ2n) is 7.25. The van der Waals surface area contributed by atoms with Crippen LogP contribution >= 0.6 is 11.6 Å². The van der Waals surface area contributed by atoms with E-state index in [1.165, 1.54) is 27.8 Å². The fraction of sp³-hybridized carbons (Fsp3) is 0.208. The van der Waals surface area contributed by atoms with Gasteiger partial charge in [0.05, 0.1) is 11.0 Å². The quantitative estimate of drug-likeness (QED) is 0.412. The number of hydrogen-bond acceptors (Lipinski definition) is 1. The van der Waals surface area contributed by atoms with Crippen molar-refractivity contribution in [2.45, 2.75) is 33.7 Å². The van der Waals surface area contributed by atoms with E-state index in [-0.39, 0.29) is 0 Å². The Balaban J connectivity index is 1.83. The van der Waals surface area contributed by atoms with E-state index in [1.54, 1.807) is 0 Å². The first-order valence-electron chi connectivity index (χ1n) is 9.27. The highest BCUT2D eigenvalue weighted by molar-refractivity contribution is 6.31. The molecule has 0 fully saturated rings. The van der Waals surface area contributed by atoms with Gasteiger partial charge in [0.25, 0.3) is 0 Å². The maximum Gasteiger partial charge on any atom is 0.114 e.